The summed E-state index contributed by atoms with van der Waals surface area (Å²) in [4.78, 5) is 0. The third-order valence-corrected chi connectivity index (χ3v) is 5.72. The van der Waals surface area contributed by atoms with Crippen LogP contribution < -0.4 is 0 Å². The van der Waals surface area contributed by atoms with Crippen LogP contribution in [0.1, 0.15) is 55.4 Å². The van der Waals surface area contributed by atoms with Gasteiger partial charge in [0.25, 0.3) is 0 Å². The molecule has 0 heterocycles. The molecule has 0 saturated heterocycles. The largest absolute Gasteiger partial charge is 0.299 e. The fraction of sp³-hybridized carbons (Fsp3) is 1.00. The molecule has 2 atom stereocenters. The Bertz CT molecular complexity index is 194. The van der Waals surface area contributed by atoms with Gasteiger partial charge in [-0.05, 0) is 41.5 Å². The Morgan fingerprint density at radius 2 is 0.789 bits per heavy atom. The Labute approximate surface area is 121 Å². The summed E-state index contributed by atoms with van der Waals surface area (Å²) < 4.78 is 8.59. The summed E-state index contributed by atoms with van der Waals surface area (Å²) in [6.07, 6.45) is 0.550. The van der Waals surface area contributed by atoms with Gasteiger partial charge in [0, 0.05) is 13.8 Å². The smallest absolute Gasteiger partial charge is 0.196 e. The van der Waals surface area contributed by atoms with E-state index in [2.05, 4.69) is 55.4 Å². The highest BCUT2D eigenvalue weighted by Crippen LogP contribution is 2.21. The van der Waals surface area contributed by atoms with Crippen molar-refractivity contribution in [2.45, 2.75) is 67.8 Å². The van der Waals surface area contributed by atoms with Gasteiger partial charge in [-0.25, -0.2) is 0 Å². The van der Waals surface area contributed by atoms with Crippen LogP contribution in [0.4, 0.5) is 0 Å². The molecule has 0 aromatic carbocycles. The van der Waals surface area contributed by atoms with Crippen molar-refractivity contribution >= 4 is 0 Å². The standard InChI is InChI=1S/C16H38N2O/c1-9-17(10-2,11-3)15(7)19-16(8)18(12-4,13-5)14-6/h15-16H,9-14H2,1-8H3/q+2. The molecule has 19 heavy (non-hydrogen) atoms. The molecule has 0 fully saturated rings. The van der Waals surface area contributed by atoms with Crippen molar-refractivity contribution in [2.24, 2.45) is 0 Å². The van der Waals surface area contributed by atoms with Crippen LogP contribution in [0.2, 0.25) is 0 Å². The summed E-state index contributed by atoms with van der Waals surface area (Å²) in [5.74, 6) is 0. The topological polar surface area (TPSA) is 9.23 Å². The molecule has 0 saturated carbocycles. The van der Waals surface area contributed by atoms with Crippen LogP contribution >= 0.6 is 0 Å². The zero-order valence-corrected chi connectivity index (χ0v) is 14.7. The van der Waals surface area contributed by atoms with E-state index in [0.29, 0.717) is 0 Å². The second-order valence-electron chi connectivity index (χ2n) is 5.67. The normalized spacial score (nSPS) is 16.4. The number of quaternary nitrogens is 2. The third kappa shape index (κ3) is 3.93. The lowest BCUT2D eigenvalue weighted by Crippen LogP contribution is -2.61. The Balaban J connectivity index is 4.92. The van der Waals surface area contributed by atoms with Crippen molar-refractivity contribution < 1.29 is 13.7 Å². The molecule has 2 unspecified atom stereocenters. The Morgan fingerprint density at radius 1 is 0.579 bits per heavy atom. The van der Waals surface area contributed by atoms with E-state index in [9.17, 15) is 0 Å². The quantitative estimate of drug-likeness (QED) is 0.438. The molecule has 0 spiro atoms. The molecule has 0 amide bonds. The molecule has 0 aromatic rings. The fourth-order valence-electron chi connectivity index (χ4n) is 3.43. The van der Waals surface area contributed by atoms with Crippen molar-refractivity contribution in [1.29, 1.82) is 0 Å². The van der Waals surface area contributed by atoms with E-state index in [1.54, 1.807) is 0 Å². The number of hydrogen-bond acceptors (Lipinski definition) is 1. The molecule has 0 aromatic heterocycles. The zero-order chi connectivity index (χ0) is 15.1. The first-order valence-electron chi connectivity index (χ1n) is 8.28. The van der Waals surface area contributed by atoms with Gasteiger partial charge in [-0.3, -0.25) is 13.7 Å². The molecule has 116 valence electrons. The van der Waals surface area contributed by atoms with E-state index < -0.39 is 0 Å². The summed E-state index contributed by atoms with van der Waals surface area (Å²) in [6.45, 7) is 25.0. The first-order valence-corrected chi connectivity index (χ1v) is 8.28. The van der Waals surface area contributed by atoms with Gasteiger partial charge in [0.2, 0.25) is 0 Å². The number of nitrogens with zero attached hydrogens (tertiary/aromatic N) is 2. The van der Waals surface area contributed by atoms with E-state index in [4.69, 9.17) is 4.74 Å². The highest BCUT2D eigenvalue weighted by Gasteiger charge is 2.36. The zero-order valence-electron chi connectivity index (χ0n) is 14.7. The monoisotopic (exact) mass is 274 g/mol. The summed E-state index contributed by atoms with van der Waals surface area (Å²) in [5.41, 5.74) is 0. The van der Waals surface area contributed by atoms with Crippen molar-refractivity contribution in [3.63, 3.8) is 0 Å². The molecule has 0 aliphatic heterocycles. The average molecular weight is 274 g/mol. The van der Waals surface area contributed by atoms with E-state index in [0.717, 1.165) is 48.2 Å². The maximum Gasteiger partial charge on any atom is 0.196 e. The molecular weight excluding hydrogens is 236 g/mol. The maximum absolute atomic E-state index is 6.47. The van der Waals surface area contributed by atoms with Crippen molar-refractivity contribution in [3.8, 4) is 0 Å². The van der Waals surface area contributed by atoms with Gasteiger partial charge in [-0.15, -0.1) is 0 Å². The number of hydrogen-bond donors (Lipinski definition) is 0. The van der Waals surface area contributed by atoms with Crippen LogP contribution in [-0.2, 0) is 4.74 Å². The maximum atomic E-state index is 6.47. The Kier molecular flexibility index (Phi) is 8.18. The number of rotatable bonds is 10. The van der Waals surface area contributed by atoms with Crippen LogP contribution in [-0.4, -0.2) is 60.7 Å². The fourth-order valence-corrected chi connectivity index (χ4v) is 3.43. The molecule has 0 bridgehead atoms. The van der Waals surface area contributed by atoms with E-state index in [1.165, 1.54) is 0 Å². The highest BCUT2D eigenvalue weighted by atomic mass is 16.5. The molecule has 3 heteroatoms. The summed E-state index contributed by atoms with van der Waals surface area (Å²) >= 11 is 0. The van der Waals surface area contributed by atoms with Crippen molar-refractivity contribution in [1.82, 2.24) is 0 Å². The van der Waals surface area contributed by atoms with E-state index >= 15 is 0 Å². The second-order valence-corrected chi connectivity index (χ2v) is 5.67. The van der Waals surface area contributed by atoms with Gasteiger partial charge in [-0.2, -0.15) is 0 Å². The van der Waals surface area contributed by atoms with Crippen LogP contribution in [0.25, 0.3) is 0 Å². The predicted molar refractivity (Wildman–Crippen MR) is 83.8 cm³/mol. The van der Waals surface area contributed by atoms with Gasteiger partial charge >= 0.3 is 0 Å². The van der Waals surface area contributed by atoms with Crippen LogP contribution in [0.3, 0.4) is 0 Å². The lowest BCUT2D eigenvalue weighted by Gasteiger charge is -2.46. The van der Waals surface area contributed by atoms with Gasteiger partial charge in [0.1, 0.15) is 0 Å². The third-order valence-electron chi connectivity index (χ3n) is 5.72. The minimum absolute atomic E-state index is 0.275. The molecular formula is C16H38N2O+2. The SMILES string of the molecule is CC[N+](CC)(CC)C(C)OC(C)[N+](CC)(CC)CC. The average Bonchev–Trinajstić information content (AvgIpc) is 2.44. The molecule has 0 aliphatic carbocycles. The molecule has 0 rings (SSSR count). The first-order chi connectivity index (χ1) is 8.91. The lowest BCUT2D eigenvalue weighted by atomic mass is 10.3. The molecule has 0 radical (unpaired) electrons. The molecule has 0 N–H and O–H groups in total. The van der Waals surface area contributed by atoms with Gasteiger partial charge in [0.05, 0.1) is 39.3 Å². The Morgan fingerprint density at radius 3 is 0.947 bits per heavy atom. The van der Waals surface area contributed by atoms with E-state index in [-0.39, 0.29) is 12.5 Å². The second kappa shape index (κ2) is 8.23. The number of ether oxygens (including phenoxy) is 1. The van der Waals surface area contributed by atoms with Crippen LogP contribution in [0.5, 0.6) is 0 Å². The van der Waals surface area contributed by atoms with Gasteiger partial charge < -0.3 is 0 Å². The van der Waals surface area contributed by atoms with Crippen LogP contribution in [0.15, 0.2) is 0 Å². The van der Waals surface area contributed by atoms with Gasteiger partial charge in [-0.1, -0.05) is 0 Å². The van der Waals surface area contributed by atoms with Crippen LogP contribution in [0, 0.1) is 0 Å². The van der Waals surface area contributed by atoms with Gasteiger partial charge in [0.15, 0.2) is 12.5 Å². The van der Waals surface area contributed by atoms with Crippen molar-refractivity contribution in [3.05, 3.63) is 0 Å². The van der Waals surface area contributed by atoms with E-state index in [1.807, 2.05) is 0 Å². The first kappa shape index (κ1) is 18.9. The molecule has 3 nitrogen and oxygen atoms in total. The highest BCUT2D eigenvalue weighted by molar-refractivity contribution is 4.46. The predicted octanol–water partition coefficient (Wildman–Crippen LogP) is 3.45. The summed E-state index contributed by atoms with van der Waals surface area (Å²) in [5, 5.41) is 0. The lowest BCUT2D eigenvalue weighted by molar-refractivity contribution is -1.00. The Hall–Kier alpha value is -0.120. The minimum Gasteiger partial charge on any atom is -0.299 e. The van der Waals surface area contributed by atoms with Crippen molar-refractivity contribution in [2.75, 3.05) is 39.3 Å². The molecule has 0 aliphatic rings. The summed E-state index contributed by atoms with van der Waals surface area (Å²) in [7, 11) is 0. The minimum atomic E-state index is 0.275. The summed E-state index contributed by atoms with van der Waals surface area (Å²) in [6, 6.07) is 0.